The van der Waals surface area contributed by atoms with Gasteiger partial charge in [0, 0.05) is 0 Å². The number of halogens is 4. The van der Waals surface area contributed by atoms with E-state index in [-0.39, 0.29) is 13.5 Å². The van der Waals surface area contributed by atoms with Crippen molar-refractivity contribution in [3.63, 3.8) is 0 Å². The average molecular weight is 221 g/mol. The summed E-state index contributed by atoms with van der Waals surface area (Å²) >= 11 is 0. The predicted molar refractivity (Wildman–Crippen MR) is 28.2 cm³/mol. The Morgan fingerprint density at radius 2 is 1.00 bits per heavy atom. The summed E-state index contributed by atoms with van der Waals surface area (Å²) in [6.07, 6.45) is 0. The van der Waals surface area contributed by atoms with E-state index in [1.807, 2.05) is 0 Å². The fraction of sp³-hybridized carbons (Fsp3) is 0. The lowest BCUT2D eigenvalue weighted by atomic mass is 13.9. The van der Waals surface area contributed by atoms with E-state index in [9.17, 15) is 24.6 Å². The van der Waals surface area contributed by atoms with Crippen molar-refractivity contribution in [2.45, 2.75) is 0 Å². The normalized spacial score (nSPS) is 11.1. The van der Waals surface area contributed by atoms with Gasteiger partial charge in [-0.3, -0.25) is 9.41 Å². The number of nitrogens with one attached hydrogen (secondary N) is 1. The van der Waals surface area contributed by atoms with Crippen LogP contribution < -0.4 is 4.13 Å². The second-order valence-electron chi connectivity index (χ2n) is 0.959. The molecule has 0 aromatic carbocycles. The maximum Gasteiger partial charge on any atom is 0.387 e. The molecule has 0 bridgehead atoms. The highest BCUT2D eigenvalue weighted by Crippen LogP contribution is 1.90. The van der Waals surface area contributed by atoms with Crippen molar-refractivity contribution in [2.75, 3.05) is 0 Å². The van der Waals surface area contributed by atoms with Crippen molar-refractivity contribution in [3.8, 4) is 0 Å². The molecule has 0 aliphatic rings. The van der Waals surface area contributed by atoms with Gasteiger partial charge in [-0.15, -0.1) is 0 Å². The van der Waals surface area contributed by atoms with Gasteiger partial charge in [-0.1, -0.05) is 11.9 Å². The molecule has 5 nitrogen and oxygen atoms in total. The van der Waals surface area contributed by atoms with Crippen LogP contribution in [-0.2, 0) is 20.8 Å². The van der Waals surface area contributed by atoms with Crippen LogP contribution in [-0.4, -0.2) is 16.8 Å². The lowest BCUT2D eigenvalue weighted by Crippen LogP contribution is -2.23. The summed E-state index contributed by atoms with van der Waals surface area (Å²) in [6, 6.07) is 0. The van der Waals surface area contributed by atoms with Gasteiger partial charge in [0.1, 0.15) is 0 Å². The Labute approximate surface area is 59.8 Å². The SMILES string of the molecule is F.F.O=S(=O)(F)NS(=O)(=O)F. The van der Waals surface area contributed by atoms with Crippen molar-refractivity contribution in [1.29, 1.82) is 0 Å². The van der Waals surface area contributed by atoms with Crippen LogP contribution in [0.25, 0.3) is 0 Å². The Kier molecular flexibility index (Phi) is 6.85. The third kappa shape index (κ3) is 17.7. The van der Waals surface area contributed by atoms with Crippen LogP contribution >= 0.6 is 0 Å². The molecule has 72 valence electrons. The highest BCUT2D eigenvalue weighted by Gasteiger charge is 2.17. The van der Waals surface area contributed by atoms with Crippen LogP contribution in [0.4, 0.5) is 17.2 Å². The third-order valence-electron chi connectivity index (χ3n) is 0.199. The lowest BCUT2D eigenvalue weighted by Gasteiger charge is -1.87. The molecule has 0 fully saturated rings. The molecule has 0 saturated carbocycles. The Morgan fingerprint density at radius 3 is 1.00 bits per heavy atom. The van der Waals surface area contributed by atoms with E-state index in [0.29, 0.717) is 0 Å². The van der Waals surface area contributed by atoms with Gasteiger partial charge in [-0.05, 0) is 0 Å². The minimum Gasteiger partial charge on any atom is -0.269 e. The molecule has 0 aromatic rings. The molecule has 0 spiro atoms. The zero-order chi connectivity index (χ0) is 7.71. The van der Waals surface area contributed by atoms with Gasteiger partial charge in [0.15, 0.2) is 0 Å². The summed E-state index contributed by atoms with van der Waals surface area (Å²) < 4.78 is 59.3. The Morgan fingerprint density at radius 1 is 0.818 bits per heavy atom. The van der Waals surface area contributed by atoms with Crippen LogP contribution in [0.5, 0.6) is 0 Å². The quantitative estimate of drug-likeness (QED) is 0.494. The molecule has 0 radical (unpaired) electrons. The highest BCUT2D eigenvalue weighted by atomic mass is 32.3. The predicted octanol–water partition coefficient (Wildman–Crippen LogP) is -0.690. The van der Waals surface area contributed by atoms with Gasteiger partial charge in [0.05, 0.1) is 0 Å². The minimum atomic E-state index is -5.49. The summed E-state index contributed by atoms with van der Waals surface area (Å²) in [5.74, 6) is 0. The number of rotatable bonds is 2. The largest absolute Gasteiger partial charge is 0.387 e. The standard InChI is InChI=1S/F2HNO4S2.2FH/c1-8(4,5)3-9(2,6)7;;/h3H;2*1H. The Balaban J connectivity index is -0.000000320. The van der Waals surface area contributed by atoms with Crippen LogP contribution in [0.15, 0.2) is 0 Å². The molecule has 1 N–H and O–H groups in total. The topological polar surface area (TPSA) is 80.3 Å². The van der Waals surface area contributed by atoms with Crippen LogP contribution in [0.1, 0.15) is 0 Å². The van der Waals surface area contributed by atoms with Crippen LogP contribution in [0, 0.1) is 0 Å². The molecule has 0 atom stereocenters. The Hall–Kier alpha value is -0.420. The van der Waals surface area contributed by atoms with E-state index in [4.69, 9.17) is 0 Å². The molecule has 0 heterocycles. The van der Waals surface area contributed by atoms with Gasteiger partial charge < -0.3 is 0 Å². The first kappa shape index (κ1) is 16.9. The molecule has 0 aromatic heterocycles. The molecule has 0 aliphatic heterocycles. The second-order valence-corrected chi connectivity index (χ2v) is 3.38. The van der Waals surface area contributed by atoms with E-state index in [2.05, 4.69) is 0 Å². The first-order chi connectivity index (χ1) is 3.71. The first-order valence-electron chi connectivity index (χ1n) is 1.38. The molecule has 11 heteroatoms. The zero-order valence-electron chi connectivity index (χ0n) is 4.52. The minimum absolute atomic E-state index is 0. The summed E-state index contributed by atoms with van der Waals surface area (Å²) in [5.41, 5.74) is 0. The summed E-state index contributed by atoms with van der Waals surface area (Å²) in [4.78, 5) is 0. The Bertz CT molecular complexity index is 245. The van der Waals surface area contributed by atoms with Gasteiger partial charge in [0.25, 0.3) is 0 Å². The molecule has 0 saturated heterocycles. The smallest absolute Gasteiger partial charge is 0.269 e. The number of hydrogen-bond acceptors (Lipinski definition) is 4. The van der Waals surface area contributed by atoms with Gasteiger partial charge >= 0.3 is 20.8 Å². The van der Waals surface area contributed by atoms with Crippen molar-refractivity contribution in [1.82, 2.24) is 4.13 Å². The first-order valence-corrected chi connectivity index (χ1v) is 4.15. The molecular weight excluding hydrogens is 218 g/mol. The van der Waals surface area contributed by atoms with Gasteiger partial charge in [-0.25, -0.2) is 0 Å². The molecule has 0 rings (SSSR count). The maximum atomic E-state index is 11.1. The van der Waals surface area contributed by atoms with Gasteiger partial charge in [-0.2, -0.15) is 16.8 Å². The lowest BCUT2D eigenvalue weighted by molar-refractivity contribution is 0.527. The van der Waals surface area contributed by atoms with Crippen molar-refractivity contribution < 1.29 is 34.0 Å². The van der Waals surface area contributed by atoms with E-state index < -0.39 is 20.8 Å². The molecule has 11 heavy (non-hydrogen) atoms. The fourth-order valence-corrected chi connectivity index (χ4v) is 1.07. The fourth-order valence-electron chi connectivity index (χ4n) is 0.119. The van der Waals surface area contributed by atoms with E-state index in [1.165, 1.54) is 0 Å². The van der Waals surface area contributed by atoms with Crippen LogP contribution in [0.3, 0.4) is 0 Å². The van der Waals surface area contributed by atoms with E-state index in [1.54, 1.807) is 0 Å². The molecule has 0 unspecified atom stereocenters. The second kappa shape index (κ2) is 4.46. The highest BCUT2D eigenvalue weighted by molar-refractivity contribution is 7.99. The van der Waals surface area contributed by atoms with Crippen molar-refractivity contribution in [3.05, 3.63) is 0 Å². The molecule has 0 amide bonds. The summed E-state index contributed by atoms with van der Waals surface area (Å²) in [6.45, 7) is 0. The summed E-state index contributed by atoms with van der Waals surface area (Å²) in [5, 5.41) is 0. The van der Waals surface area contributed by atoms with E-state index in [0.717, 1.165) is 0 Å². The average Bonchev–Trinajstić information content (AvgIpc) is 1.14. The maximum absolute atomic E-state index is 11.1. The van der Waals surface area contributed by atoms with Gasteiger partial charge in [0.2, 0.25) is 0 Å². The van der Waals surface area contributed by atoms with Crippen molar-refractivity contribution in [2.24, 2.45) is 0 Å². The number of hydrogen-bond donors (Lipinski definition) is 1. The zero-order valence-corrected chi connectivity index (χ0v) is 6.15. The van der Waals surface area contributed by atoms with Crippen LogP contribution in [0.2, 0.25) is 0 Å². The van der Waals surface area contributed by atoms with E-state index >= 15 is 0 Å². The summed E-state index contributed by atoms with van der Waals surface area (Å²) in [7, 11) is -11.0. The molecule has 0 aliphatic carbocycles. The third-order valence-corrected chi connectivity index (χ3v) is 1.79. The van der Waals surface area contributed by atoms with Crippen molar-refractivity contribution >= 4 is 20.8 Å². The monoisotopic (exact) mass is 221 g/mol. The molecular formula is H3F4NO4S2.